The number of hydrogen-bond acceptors (Lipinski definition) is 3. The standard InChI is InChI=1S/C12H13N3OS/c16-11(14-9-4-5-9)8-17-12-13-7-10-3-1-2-6-15(10)12/h1-3,6-7,9H,4-5,8H2,(H,14,16). The monoisotopic (exact) mass is 247 g/mol. The third kappa shape index (κ3) is 2.44. The van der Waals surface area contributed by atoms with Gasteiger partial charge in [-0.2, -0.15) is 0 Å². The lowest BCUT2D eigenvalue weighted by Gasteiger charge is -2.02. The third-order valence-corrected chi connectivity index (χ3v) is 3.65. The number of nitrogens with one attached hydrogen (secondary N) is 1. The fourth-order valence-electron chi connectivity index (χ4n) is 1.65. The van der Waals surface area contributed by atoms with Crippen molar-refractivity contribution in [1.82, 2.24) is 14.7 Å². The summed E-state index contributed by atoms with van der Waals surface area (Å²) in [5.41, 5.74) is 1.05. The Labute approximate surface area is 103 Å². The van der Waals surface area contributed by atoms with Crippen LogP contribution in [-0.2, 0) is 4.79 Å². The number of rotatable bonds is 4. The first-order valence-electron chi connectivity index (χ1n) is 5.67. The number of hydrogen-bond donors (Lipinski definition) is 1. The maximum Gasteiger partial charge on any atom is 0.230 e. The van der Waals surface area contributed by atoms with E-state index in [-0.39, 0.29) is 5.91 Å². The average Bonchev–Trinajstić information content (AvgIpc) is 3.06. The molecule has 0 saturated heterocycles. The second kappa shape index (κ2) is 4.41. The molecule has 1 amide bonds. The van der Waals surface area contributed by atoms with Gasteiger partial charge in [-0.3, -0.25) is 9.20 Å². The number of imidazole rings is 1. The summed E-state index contributed by atoms with van der Waals surface area (Å²) in [7, 11) is 0. The Balaban J connectivity index is 1.65. The van der Waals surface area contributed by atoms with Crippen molar-refractivity contribution in [3.63, 3.8) is 0 Å². The molecule has 3 rings (SSSR count). The summed E-state index contributed by atoms with van der Waals surface area (Å²) in [6.45, 7) is 0. The summed E-state index contributed by atoms with van der Waals surface area (Å²) >= 11 is 1.47. The Morgan fingerprint density at radius 3 is 3.24 bits per heavy atom. The molecule has 2 heterocycles. The second-order valence-electron chi connectivity index (χ2n) is 4.17. The topological polar surface area (TPSA) is 46.4 Å². The van der Waals surface area contributed by atoms with E-state index in [1.54, 1.807) is 0 Å². The normalized spacial score (nSPS) is 15.1. The molecule has 4 nitrogen and oxygen atoms in total. The number of amides is 1. The van der Waals surface area contributed by atoms with E-state index in [1.165, 1.54) is 11.8 Å². The van der Waals surface area contributed by atoms with E-state index in [2.05, 4.69) is 10.3 Å². The molecule has 0 aromatic carbocycles. The molecular formula is C12H13N3OS. The van der Waals surface area contributed by atoms with Gasteiger partial charge in [-0.05, 0) is 25.0 Å². The predicted molar refractivity (Wildman–Crippen MR) is 67.1 cm³/mol. The average molecular weight is 247 g/mol. The van der Waals surface area contributed by atoms with Crippen molar-refractivity contribution in [2.24, 2.45) is 0 Å². The quantitative estimate of drug-likeness (QED) is 0.837. The van der Waals surface area contributed by atoms with Gasteiger partial charge in [0.2, 0.25) is 5.91 Å². The first-order chi connectivity index (χ1) is 8.33. The van der Waals surface area contributed by atoms with Crippen molar-refractivity contribution >= 4 is 23.2 Å². The number of aromatic nitrogens is 2. The maximum absolute atomic E-state index is 11.6. The molecule has 0 radical (unpaired) electrons. The Kier molecular flexibility index (Phi) is 2.76. The minimum absolute atomic E-state index is 0.102. The van der Waals surface area contributed by atoms with E-state index in [4.69, 9.17) is 0 Å². The van der Waals surface area contributed by atoms with Crippen LogP contribution in [-0.4, -0.2) is 27.1 Å². The molecule has 0 spiro atoms. The SMILES string of the molecule is O=C(CSc1ncc2ccccn12)NC1CC1. The van der Waals surface area contributed by atoms with Crippen LogP contribution in [0.2, 0.25) is 0 Å². The molecule has 1 aliphatic rings. The van der Waals surface area contributed by atoms with Crippen LogP contribution in [0.1, 0.15) is 12.8 Å². The van der Waals surface area contributed by atoms with E-state index in [9.17, 15) is 4.79 Å². The van der Waals surface area contributed by atoms with E-state index in [0.29, 0.717) is 11.8 Å². The van der Waals surface area contributed by atoms with Gasteiger partial charge in [0.1, 0.15) is 0 Å². The number of pyridine rings is 1. The minimum Gasteiger partial charge on any atom is -0.353 e. The highest BCUT2D eigenvalue weighted by atomic mass is 32.2. The molecule has 0 aliphatic heterocycles. The molecule has 1 saturated carbocycles. The van der Waals surface area contributed by atoms with Crippen LogP contribution in [0.15, 0.2) is 35.7 Å². The fourth-order valence-corrected chi connectivity index (χ4v) is 2.43. The van der Waals surface area contributed by atoms with E-state index < -0.39 is 0 Å². The number of nitrogens with zero attached hydrogens (tertiary/aromatic N) is 2. The highest BCUT2D eigenvalue weighted by molar-refractivity contribution is 7.99. The van der Waals surface area contributed by atoms with Crippen LogP contribution >= 0.6 is 11.8 Å². The Bertz CT molecular complexity index is 547. The molecule has 5 heteroatoms. The zero-order valence-corrected chi connectivity index (χ0v) is 10.1. The van der Waals surface area contributed by atoms with E-state index in [1.807, 2.05) is 35.0 Å². The van der Waals surface area contributed by atoms with Crippen molar-refractivity contribution in [1.29, 1.82) is 0 Å². The zero-order chi connectivity index (χ0) is 11.7. The molecule has 0 unspecified atom stereocenters. The fraction of sp³-hybridized carbons (Fsp3) is 0.333. The van der Waals surface area contributed by atoms with Crippen molar-refractivity contribution in [3.8, 4) is 0 Å². The van der Waals surface area contributed by atoms with Gasteiger partial charge < -0.3 is 5.32 Å². The lowest BCUT2D eigenvalue weighted by atomic mass is 10.4. The van der Waals surface area contributed by atoms with Crippen LogP contribution in [0.4, 0.5) is 0 Å². The van der Waals surface area contributed by atoms with Gasteiger partial charge in [-0.25, -0.2) is 4.98 Å². The van der Waals surface area contributed by atoms with Gasteiger partial charge in [0.15, 0.2) is 5.16 Å². The van der Waals surface area contributed by atoms with Gasteiger partial charge in [0.05, 0.1) is 17.5 Å². The first kappa shape index (κ1) is 10.7. The van der Waals surface area contributed by atoms with Gasteiger partial charge in [-0.15, -0.1) is 0 Å². The lowest BCUT2D eigenvalue weighted by Crippen LogP contribution is -2.27. The highest BCUT2D eigenvalue weighted by Crippen LogP contribution is 2.21. The van der Waals surface area contributed by atoms with Crippen LogP contribution in [0, 0.1) is 0 Å². The number of fused-ring (bicyclic) bond motifs is 1. The second-order valence-corrected chi connectivity index (χ2v) is 5.11. The molecule has 2 aromatic heterocycles. The molecular weight excluding hydrogens is 234 g/mol. The number of carbonyl (C=O) groups excluding carboxylic acids is 1. The van der Waals surface area contributed by atoms with Crippen molar-refractivity contribution in [2.45, 2.75) is 24.0 Å². The Morgan fingerprint density at radius 2 is 2.41 bits per heavy atom. The summed E-state index contributed by atoms with van der Waals surface area (Å²) in [4.78, 5) is 15.9. The maximum atomic E-state index is 11.6. The molecule has 17 heavy (non-hydrogen) atoms. The van der Waals surface area contributed by atoms with E-state index in [0.717, 1.165) is 23.5 Å². The number of carbonyl (C=O) groups is 1. The first-order valence-corrected chi connectivity index (χ1v) is 6.66. The Morgan fingerprint density at radius 1 is 1.53 bits per heavy atom. The van der Waals surface area contributed by atoms with E-state index >= 15 is 0 Å². The van der Waals surface area contributed by atoms with Gasteiger partial charge >= 0.3 is 0 Å². The lowest BCUT2D eigenvalue weighted by molar-refractivity contribution is -0.118. The van der Waals surface area contributed by atoms with Crippen molar-refractivity contribution in [3.05, 3.63) is 30.6 Å². The Hall–Kier alpha value is -1.49. The molecule has 1 N–H and O–H groups in total. The largest absolute Gasteiger partial charge is 0.353 e. The van der Waals surface area contributed by atoms with Gasteiger partial charge in [0.25, 0.3) is 0 Å². The molecule has 1 aliphatic carbocycles. The predicted octanol–water partition coefficient (Wildman–Crippen LogP) is 1.70. The summed E-state index contributed by atoms with van der Waals surface area (Å²) in [5, 5.41) is 3.83. The zero-order valence-electron chi connectivity index (χ0n) is 9.30. The van der Waals surface area contributed by atoms with Crippen LogP contribution in [0.25, 0.3) is 5.52 Å². The summed E-state index contributed by atoms with van der Waals surface area (Å²) < 4.78 is 2.00. The van der Waals surface area contributed by atoms with Gasteiger partial charge in [0, 0.05) is 12.2 Å². The molecule has 0 atom stereocenters. The minimum atomic E-state index is 0.102. The molecule has 1 fully saturated rings. The number of thioether (sulfide) groups is 1. The molecule has 0 bridgehead atoms. The van der Waals surface area contributed by atoms with Crippen molar-refractivity contribution < 1.29 is 4.79 Å². The van der Waals surface area contributed by atoms with Crippen LogP contribution in [0.5, 0.6) is 0 Å². The smallest absolute Gasteiger partial charge is 0.230 e. The van der Waals surface area contributed by atoms with Crippen LogP contribution < -0.4 is 5.32 Å². The molecule has 2 aromatic rings. The van der Waals surface area contributed by atoms with Gasteiger partial charge in [-0.1, -0.05) is 17.8 Å². The van der Waals surface area contributed by atoms with Crippen LogP contribution in [0.3, 0.4) is 0 Å². The third-order valence-electron chi connectivity index (χ3n) is 2.68. The van der Waals surface area contributed by atoms with Crippen molar-refractivity contribution in [2.75, 3.05) is 5.75 Å². The summed E-state index contributed by atoms with van der Waals surface area (Å²) in [6, 6.07) is 6.37. The molecule has 88 valence electrons. The highest BCUT2D eigenvalue weighted by Gasteiger charge is 2.23. The summed E-state index contributed by atoms with van der Waals surface area (Å²) in [5.74, 6) is 0.537. The summed E-state index contributed by atoms with van der Waals surface area (Å²) in [6.07, 6.45) is 6.04.